The smallest absolute Gasteiger partial charge is 0.254 e. The summed E-state index contributed by atoms with van der Waals surface area (Å²) < 4.78 is 0. The van der Waals surface area contributed by atoms with Crippen LogP contribution in [0.5, 0.6) is 5.75 Å². The molecule has 108 valence electrons. The number of carbonyl (C=O) groups excluding carboxylic acids is 1. The van der Waals surface area contributed by atoms with Crippen LogP contribution in [0, 0.1) is 6.92 Å². The Morgan fingerprint density at radius 1 is 1.14 bits per heavy atom. The zero-order valence-electron chi connectivity index (χ0n) is 12.2. The molecule has 1 aliphatic heterocycles. The largest absolute Gasteiger partial charge is 0.508 e. The van der Waals surface area contributed by atoms with Crippen LogP contribution in [0.1, 0.15) is 33.5 Å². The summed E-state index contributed by atoms with van der Waals surface area (Å²) in [6, 6.07) is 13.4. The number of carbonyl (C=O) groups is 1. The molecule has 0 radical (unpaired) electrons. The van der Waals surface area contributed by atoms with Crippen molar-refractivity contribution in [3.8, 4) is 5.75 Å². The summed E-state index contributed by atoms with van der Waals surface area (Å²) in [7, 11) is 0. The predicted octanol–water partition coefficient (Wildman–Crippen LogP) is 3.29. The lowest BCUT2D eigenvalue weighted by molar-refractivity contribution is 0.0745. The molecule has 3 heteroatoms. The highest BCUT2D eigenvalue weighted by molar-refractivity contribution is 5.94. The number of phenols is 1. The molecular formula is C18H19NO2. The summed E-state index contributed by atoms with van der Waals surface area (Å²) in [5.41, 5.74) is 3.89. The molecule has 0 aromatic heterocycles. The zero-order chi connectivity index (χ0) is 14.8. The van der Waals surface area contributed by atoms with Crippen LogP contribution >= 0.6 is 0 Å². The van der Waals surface area contributed by atoms with Crippen LogP contribution in [-0.2, 0) is 13.0 Å². The van der Waals surface area contributed by atoms with E-state index in [1.54, 1.807) is 18.2 Å². The summed E-state index contributed by atoms with van der Waals surface area (Å²) in [6.45, 7) is 3.22. The van der Waals surface area contributed by atoms with Gasteiger partial charge in [-0.25, -0.2) is 0 Å². The van der Waals surface area contributed by atoms with Gasteiger partial charge in [-0.3, -0.25) is 4.79 Å². The molecule has 1 N–H and O–H groups in total. The van der Waals surface area contributed by atoms with Crippen molar-refractivity contribution in [2.45, 2.75) is 26.3 Å². The second-order valence-corrected chi connectivity index (χ2v) is 5.60. The Morgan fingerprint density at radius 2 is 1.90 bits per heavy atom. The minimum atomic E-state index is -0.0120. The van der Waals surface area contributed by atoms with Gasteiger partial charge in [-0.15, -0.1) is 0 Å². The molecule has 0 saturated heterocycles. The lowest BCUT2D eigenvalue weighted by Gasteiger charge is -2.21. The SMILES string of the molecule is Cc1ccc(C(=O)N2CCCc3ccccc3C2)cc1O. The molecule has 2 aromatic rings. The molecule has 1 aliphatic rings. The van der Waals surface area contributed by atoms with Crippen LogP contribution < -0.4 is 0 Å². The molecule has 1 amide bonds. The molecule has 0 bridgehead atoms. The fraction of sp³-hybridized carbons (Fsp3) is 0.278. The van der Waals surface area contributed by atoms with Gasteiger partial charge in [-0.05, 0) is 48.6 Å². The molecule has 1 heterocycles. The van der Waals surface area contributed by atoms with E-state index in [4.69, 9.17) is 0 Å². The van der Waals surface area contributed by atoms with Gasteiger partial charge in [0.05, 0.1) is 0 Å². The minimum Gasteiger partial charge on any atom is -0.508 e. The number of aryl methyl sites for hydroxylation is 2. The quantitative estimate of drug-likeness (QED) is 0.871. The van der Waals surface area contributed by atoms with Gasteiger partial charge in [0.1, 0.15) is 5.75 Å². The molecule has 0 fully saturated rings. The minimum absolute atomic E-state index is 0.0120. The Bertz CT molecular complexity index is 679. The molecule has 0 unspecified atom stereocenters. The maximum absolute atomic E-state index is 12.6. The Kier molecular flexibility index (Phi) is 3.65. The first kappa shape index (κ1) is 13.7. The molecule has 0 spiro atoms. The first-order valence-electron chi connectivity index (χ1n) is 7.31. The van der Waals surface area contributed by atoms with Gasteiger partial charge in [0.2, 0.25) is 0 Å². The highest BCUT2D eigenvalue weighted by atomic mass is 16.3. The van der Waals surface area contributed by atoms with Crippen LogP contribution in [0.25, 0.3) is 0 Å². The van der Waals surface area contributed by atoms with Crippen LogP contribution in [0.2, 0.25) is 0 Å². The second-order valence-electron chi connectivity index (χ2n) is 5.60. The molecule has 2 aromatic carbocycles. The summed E-state index contributed by atoms with van der Waals surface area (Å²) in [5.74, 6) is 0.165. The van der Waals surface area contributed by atoms with E-state index in [0.717, 1.165) is 24.9 Å². The molecule has 0 atom stereocenters. The molecule has 21 heavy (non-hydrogen) atoms. The molecular weight excluding hydrogens is 262 g/mol. The Balaban J connectivity index is 1.86. The topological polar surface area (TPSA) is 40.5 Å². The highest BCUT2D eigenvalue weighted by Gasteiger charge is 2.20. The summed E-state index contributed by atoms with van der Waals surface area (Å²) in [4.78, 5) is 14.5. The third-order valence-corrected chi connectivity index (χ3v) is 4.10. The van der Waals surface area contributed by atoms with Crippen molar-refractivity contribution in [1.29, 1.82) is 0 Å². The number of hydrogen-bond donors (Lipinski definition) is 1. The number of phenolic OH excluding ortho intramolecular Hbond substituents is 1. The Hall–Kier alpha value is -2.29. The van der Waals surface area contributed by atoms with E-state index >= 15 is 0 Å². The van der Waals surface area contributed by atoms with Crippen molar-refractivity contribution in [2.24, 2.45) is 0 Å². The fourth-order valence-corrected chi connectivity index (χ4v) is 2.80. The number of rotatable bonds is 1. The Morgan fingerprint density at radius 3 is 2.67 bits per heavy atom. The van der Waals surface area contributed by atoms with Gasteiger partial charge >= 0.3 is 0 Å². The van der Waals surface area contributed by atoms with E-state index in [2.05, 4.69) is 12.1 Å². The maximum Gasteiger partial charge on any atom is 0.254 e. The molecule has 0 aliphatic carbocycles. The number of amides is 1. The second kappa shape index (κ2) is 5.60. The zero-order valence-corrected chi connectivity index (χ0v) is 12.2. The highest BCUT2D eigenvalue weighted by Crippen LogP contribution is 2.22. The van der Waals surface area contributed by atoms with Gasteiger partial charge in [0.25, 0.3) is 5.91 Å². The Labute approximate surface area is 124 Å². The van der Waals surface area contributed by atoms with E-state index < -0.39 is 0 Å². The van der Waals surface area contributed by atoms with E-state index in [9.17, 15) is 9.90 Å². The number of hydrogen-bond acceptors (Lipinski definition) is 2. The molecule has 0 saturated carbocycles. The van der Waals surface area contributed by atoms with Crippen molar-refractivity contribution >= 4 is 5.91 Å². The summed E-state index contributed by atoms with van der Waals surface area (Å²) in [5, 5.41) is 9.79. The van der Waals surface area contributed by atoms with Crippen molar-refractivity contribution < 1.29 is 9.90 Å². The lowest BCUT2D eigenvalue weighted by atomic mass is 10.0. The normalized spacial score (nSPS) is 14.4. The standard InChI is InChI=1S/C18H19NO2/c1-13-8-9-15(11-17(13)20)18(21)19-10-4-7-14-5-2-3-6-16(14)12-19/h2-3,5-6,8-9,11,20H,4,7,10,12H2,1H3. The summed E-state index contributed by atoms with van der Waals surface area (Å²) >= 11 is 0. The number of fused-ring (bicyclic) bond motifs is 1. The maximum atomic E-state index is 12.6. The molecule has 3 rings (SSSR count). The summed E-state index contributed by atoms with van der Waals surface area (Å²) in [6.07, 6.45) is 1.99. The van der Waals surface area contributed by atoms with Crippen LogP contribution in [-0.4, -0.2) is 22.5 Å². The van der Waals surface area contributed by atoms with Gasteiger partial charge in [-0.2, -0.15) is 0 Å². The van der Waals surface area contributed by atoms with Crippen LogP contribution in [0.3, 0.4) is 0 Å². The van der Waals surface area contributed by atoms with Gasteiger partial charge in [-0.1, -0.05) is 30.3 Å². The van der Waals surface area contributed by atoms with E-state index in [0.29, 0.717) is 12.1 Å². The average molecular weight is 281 g/mol. The van der Waals surface area contributed by atoms with Gasteiger partial charge in [0, 0.05) is 18.7 Å². The number of aromatic hydroxyl groups is 1. The fourth-order valence-electron chi connectivity index (χ4n) is 2.80. The van der Waals surface area contributed by atoms with Gasteiger partial charge in [0.15, 0.2) is 0 Å². The third kappa shape index (κ3) is 2.77. The van der Waals surface area contributed by atoms with Crippen molar-refractivity contribution in [3.63, 3.8) is 0 Å². The van der Waals surface area contributed by atoms with E-state index in [-0.39, 0.29) is 11.7 Å². The van der Waals surface area contributed by atoms with Crippen molar-refractivity contribution in [2.75, 3.05) is 6.54 Å². The monoisotopic (exact) mass is 281 g/mol. The first-order valence-corrected chi connectivity index (χ1v) is 7.31. The number of nitrogens with zero attached hydrogens (tertiary/aromatic N) is 1. The van der Waals surface area contributed by atoms with E-state index in [1.807, 2.05) is 24.0 Å². The first-order chi connectivity index (χ1) is 10.1. The number of benzene rings is 2. The third-order valence-electron chi connectivity index (χ3n) is 4.10. The van der Waals surface area contributed by atoms with Gasteiger partial charge < -0.3 is 10.0 Å². The van der Waals surface area contributed by atoms with E-state index in [1.165, 1.54) is 11.1 Å². The predicted molar refractivity (Wildman–Crippen MR) is 82.3 cm³/mol. The molecule has 3 nitrogen and oxygen atoms in total. The average Bonchev–Trinajstić information content (AvgIpc) is 2.71. The van der Waals surface area contributed by atoms with Crippen LogP contribution in [0.4, 0.5) is 0 Å². The van der Waals surface area contributed by atoms with Crippen LogP contribution in [0.15, 0.2) is 42.5 Å². The lowest BCUT2D eigenvalue weighted by Crippen LogP contribution is -2.30. The van der Waals surface area contributed by atoms with Crippen molar-refractivity contribution in [3.05, 3.63) is 64.7 Å². The van der Waals surface area contributed by atoms with Crippen molar-refractivity contribution in [1.82, 2.24) is 4.90 Å².